The lowest BCUT2D eigenvalue weighted by atomic mass is 10.2. The molecule has 16 heavy (non-hydrogen) atoms. The highest BCUT2D eigenvalue weighted by Gasteiger charge is 1.92. The number of halogens is 2. The summed E-state index contributed by atoms with van der Waals surface area (Å²) in [6, 6.07) is 9.25. The largest absolute Gasteiger partial charge is 0.237 e. The molecule has 0 radical (unpaired) electrons. The molecule has 2 aromatic rings. The molecule has 0 aliphatic heterocycles. The molecule has 0 amide bonds. The molecule has 2 rings (SSSR count). The predicted octanol–water partition coefficient (Wildman–Crippen LogP) is 3.95. The molecule has 4 heteroatoms. The van der Waals surface area contributed by atoms with Gasteiger partial charge in [0.05, 0.1) is 5.69 Å². The van der Waals surface area contributed by atoms with Gasteiger partial charge in [-0.05, 0) is 23.8 Å². The second-order valence-corrected chi connectivity index (χ2v) is 3.97. The summed E-state index contributed by atoms with van der Waals surface area (Å²) in [5.74, 6) is 0. The van der Waals surface area contributed by atoms with Crippen LogP contribution in [0.3, 0.4) is 0 Å². The zero-order chi connectivity index (χ0) is 11.4. The zero-order valence-corrected chi connectivity index (χ0v) is 9.78. The summed E-state index contributed by atoms with van der Waals surface area (Å²) in [6.45, 7) is 0. The fraction of sp³-hybridized carbons (Fsp3) is 0. The molecule has 0 spiro atoms. The Morgan fingerprint density at radius 1 is 0.938 bits per heavy atom. The van der Waals surface area contributed by atoms with E-state index in [4.69, 9.17) is 23.2 Å². The van der Waals surface area contributed by atoms with E-state index >= 15 is 0 Å². The Hall–Kier alpha value is -1.38. The van der Waals surface area contributed by atoms with Crippen molar-refractivity contribution in [1.82, 2.24) is 9.97 Å². The first-order chi connectivity index (χ1) is 7.74. The van der Waals surface area contributed by atoms with Crippen molar-refractivity contribution in [2.75, 3.05) is 0 Å². The third-order valence-electron chi connectivity index (χ3n) is 1.97. The Kier molecular flexibility index (Phi) is 3.54. The van der Waals surface area contributed by atoms with Gasteiger partial charge in [-0.25, -0.2) is 9.97 Å². The molecule has 2 nitrogen and oxygen atoms in total. The van der Waals surface area contributed by atoms with Crippen LogP contribution in [0.15, 0.2) is 36.7 Å². The Morgan fingerprint density at radius 3 is 2.38 bits per heavy atom. The van der Waals surface area contributed by atoms with Crippen molar-refractivity contribution >= 4 is 35.4 Å². The van der Waals surface area contributed by atoms with E-state index in [2.05, 4.69) is 9.97 Å². The number of nitrogens with zero attached hydrogens (tertiary/aromatic N) is 2. The van der Waals surface area contributed by atoms with Crippen LogP contribution in [0.4, 0.5) is 0 Å². The highest BCUT2D eigenvalue weighted by Crippen LogP contribution is 2.12. The first kappa shape index (κ1) is 11.1. The quantitative estimate of drug-likeness (QED) is 0.755. The second kappa shape index (κ2) is 5.10. The molecule has 80 valence electrons. The average molecular weight is 251 g/mol. The van der Waals surface area contributed by atoms with Crippen LogP contribution in [-0.2, 0) is 0 Å². The Bertz CT molecular complexity index is 507. The maximum atomic E-state index is 5.79. The van der Waals surface area contributed by atoms with Gasteiger partial charge in [0.25, 0.3) is 0 Å². The summed E-state index contributed by atoms with van der Waals surface area (Å²) in [5.41, 5.74) is 1.83. The van der Waals surface area contributed by atoms with Gasteiger partial charge in [-0.3, -0.25) is 0 Å². The van der Waals surface area contributed by atoms with Crippen molar-refractivity contribution in [3.63, 3.8) is 0 Å². The number of hydrogen-bond acceptors (Lipinski definition) is 2. The summed E-state index contributed by atoms with van der Waals surface area (Å²) in [5, 5.41) is 1.16. The van der Waals surface area contributed by atoms with Crippen molar-refractivity contribution in [2.45, 2.75) is 0 Å². The Morgan fingerprint density at radius 2 is 1.69 bits per heavy atom. The van der Waals surface area contributed by atoms with Gasteiger partial charge in [0, 0.05) is 11.1 Å². The standard InChI is InChI=1S/C12H8Cl2N2/c13-10-4-1-9(2-5-10)3-6-11-7-12(14)16-8-15-11/h1-8H. The van der Waals surface area contributed by atoms with Gasteiger partial charge in [0.15, 0.2) is 0 Å². The third-order valence-corrected chi connectivity index (χ3v) is 2.43. The summed E-state index contributed by atoms with van der Waals surface area (Å²) >= 11 is 11.5. The minimum Gasteiger partial charge on any atom is -0.237 e. The molecule has 1 aromatic heterocycles. The number of rotatable bonds is 2. The van der Waals surface area contributed by atoms with Gasteiger partial charge < -0.3 is 0 Å². The SMILES string of the molecule is Clc1ccc(C=Cc2cc(Cl)ncn2)cc1. The van der Waals surface area contributed by atoms with Crippen LogP contribution in [0, 0.1) is 0 Å². The molecule has 0 atom stereocenters. The molecule has 0 saturated heterocycles. The highest BCUT2D eigenvalue weighted by molar-refractivity contribution is 6.30. The maximum Gasteiger partial charge on any atom is 0.133 e. The van der Waals surface area contributed by atoms with Gasteiger partial charge in [0.1, 0.15) is 11.5 Å². The molecule has 0 aliphatic rings. The zero-order valence-electron chi connectivity index (χ0n) is 8.27. The van der Waals surface area contributed by atoms with E-state index < -0.39 is 0 Å². The lowest BCUT2D eigenvalue weighted by Crippen LogP contribution is -1.82. The van der Waals surface area contributed by atoms with E-state index in [0.29, 0.717) is 5.15 Å². The van der Waals surface area contributed by atoms with Gasteiger partial charge in [-0.1, -0.05) is 41.4 Å². The highest BCUT2D eigenvalue weighted by atomic mass is 35.5. The summed E-state index contributed by atoms with van der Waals surface area (Å²) in [6.07, 6.45) is 5.25. The van der Waals surface area contributed by atoms with Crippen molar-refractivity contribution in [3.8, 4) is 0 Å². The molecule has 0 saturated carbocycles. The van der Waals surface area contributed by atoms with Crippen LogP contribution in [0.2, 0.25) is 10.2 Å². The maximum absolute atomic E-state index is 5.79. The van der Waals surface area contributed by atoms with Crippen molar-refractivity contribution in [2.24, 2.45) is 0 Å². The van der Waals surface area contributed by atoms with Gasteiger partial charge >= 0.3 is 0 Å². The molecule has 0 fully saturated rings. The Labute approximate surface area is 104 Å². The molecule has 0 bridgehead atoms. The van der Waals surface area contributed by atoms with Crippen molar-refractivity contribution < 1.29 is 0 Å². The molecule has 0 aliphatic carbocycles. The van der Waals surface area contributed by atoms with E-state index in [1.165, 1.54) is 6.33 Å². The minimum atomic E-state index is 0.436. The molecular formula is C12H8Cl2N2. The van der Waals surface area contributed by atoms with Crippen LogP contribution in [0.25, 0.3) is 12.2 Å². The summed E-state index contributed by atoms with van der Waals surface area (Å²) < 4.78 is 0. The van der Waals surface area contributed by atoms with Gasteiger partial charge in [0.2, 0.25) is 0 Å². The first-order valence-electron chi connectivity index (χ1n) is 4.65. The van der Waals surface area contributed by atoms with Crippen LogP contribution in [-0.4, -0.2) is 9.97 Å². The first-order valence-corrected chi connectivity index (χ1v) is 5.41. The predicted molar refractivity (Wildman–Crippen MR) is 67.4 cm³/mol. The number of hydrogen-bond donors (Lipinski definition) is 0. The molecular weight excluding hydrogens is 243 g/mol. The second-order valence-electron chi connectivity index (χ2n) is 3.15. The molecule has 1 heterocycles. The van der Waals surface area contributed by atoms with Crippen LogP contribution in [0.5, 0.6) is 0 Å². The fourth-order valence-corrected chi connectivity index (χ4v) is 1.48. The minimum absolute atomic E-state index is 0.436. The third kappa shape index (κ3) is 3.05. The average Bonchev–Trinajstić information content (AvgIpc) is 2.28. The van der Waals surface area contributed by atoms with Crippen LogP contribution in [0.1, 0.15) is 11.3 Å². The van der Waals surface area contributed by atoms with Crippen molar-refractivity contribution in [1.29, 1.82) is 0 Å². The van der Waals surface area contributed by atoms with E-state index in [9.17, 15) is 0 Å². The normalized spacial score (nSPS) is 10.9. The fourth-order valence-electron chi connectivity index (χ4n) is 1.19. The summed E-state index contributed by atoms with van der Waals surface area (Å²) in [7, 11) is 0. The number of benzene rings is 1. The van der Waals surface area contributed by atoms with E-state index in [-0.39, 0.29) is 0 Å². The van der Waals surface area contributed by atoms with E-state index in [1.807, 2.05) is 36.4 Å². The van der Waals surface area contributed by atoms with Crippen LogP contribution >= 0.6 is 23.2 Å². The molecule has 0 unspecified atom stereocenters. The van der Waals surface area contributed by atoms with Gasteiger partial charge in [-0.2, -0.15) is 0 Å². The summed E-state index contributed by atoms with van der Waals surface area (Å²) in [4.78, 5) is 7.87. The molecule has 1 aromatic carbocycles. The topological polar surface area (TPSA) is 25.8 Å². The molecule has 0 N–H and O–H groups in total. The smallest absolute Gasteiger partial charge is 0.133 e. The Balaban J connectivity index is 2.18. The lowest BCUT2D eigenvalue weighted by Gasteiger charge is -1.94. The monoisotopic (exact) mass is 250 g/mol. The van der Waals surface area contributed by atoms with E-state index in [1.54, 1.807) is 6.07 Å². The lowest BCUT2D eigenvalue weighted by molar-refractivity contribution is 1.15. The van der Waals surface area contributed by atoms with Crippen molar-refractivity contribution in [3.05, 3.63) is 58.1 Å². The number of aromatic nitrogens is 2. The van der Waals surface area contributed by atoms with E-state index in [0.717, 1.165) is 16.3 Å². The van der Waals surface area contributed by atoms with Crippen LogP contribution < -0.4 is 0 Å². The van der Waals surface area contributed by atoms with Gasteiger partial charge in [-0.15, -0.1) is 0 Å².